The highest BCUT2D eigenvalue weighted by atomic mass is 16.3. The number of nitrogens with zero attached hydrogens (tertiary/aromatic N) is 2. The van der Waals surface area contributed by atoms with E-state index in [9.17, 15) is 0 Å². The number of hydrogen-bond donors (Lipinski definition) is 1. The average molecular weight is 177 g/mol. The summed E-state index contributed by atoms with van der Waals surface area (Å²) in [6, 6.07) is 3.67. The van der Waals surface area contributed by atoms with E-state index in [-0.39, 0.29) is 0 Å². The van der Waals surface area contributed by atoms with Gasteiger partial charge in [-0.05, 0) is 18.6 Å². The fourth-order valence-corrected chi connectivity index (χ4v) is 1.16. The van der Waals surface area contributed by atoms with Crippen LogP contribution in [0.15, 0.2) is 22.8 Å². The summed E-state index contributed by atoms with van der Waals surface area (Å²) in [7, 11) is 0. The molecule has 4 nitrogen and oxygen atoms in total. The number of rotatable bonds is 3. The molecule has 2 aromatic heterocycles. The number of furan rings is 1. The van der Waals surface area contributed by atoms with E-state index in [0.717, 1.165) is 18.7 Å². The smallest absolute Gasteiger partial charge is 0.216 e. The van der Waals surface area contributed by atoms with Crippen LogP contribution >= 0.6 is 0 Å². The molecule has 0 spiro atoms. The van der Waals surface area contributed by atoms with E-state index in [2.05, 4.69) is 22.1 Å². The van der Waals surface area contributed by atoms with E-state index >= 15 is 0 Å². The summed E-state index contributed by atoms with van der Waals surface area (Å²) in [5.74, 6) is 2.25. The zero-order chi connectivity index (χ0) is 9.10. The highest BCUT2D eigenvalue weighted by molar-refractivity contribution is 5.45. The van der Waals surface area contributed by atoms with Crippen LogP contribution in [0.2, 0.25) is 0 Å². The monoisotopic (exact) mass is 177 g/mol. The molecule has 13 heavy (non-hydrogen) atoms. The molecule has 0 unspecified atom stereocenters. The van der Waals surface area contributed by atoms with Gasteiger partial charge in [0.1, 0.15) is 5.82 Å². The van der Waals surface area contributed by atoms with Gasteiger partial charge in [-0.15, -0.1) is 0 Å². The van der Waals surface area contributed by atoms with Crippen molar-refractivity contribution in [2.45, 2.75) is 19.8 Å². The van der Waals surface area contributed by atoms with Crippen LogP contribution in [0.4, 0.5) is 0 Å². The maximum Gasteiger partial charge on any atom is 0.216 e. The topological polar surface area (TPSA) is 54.7 Å². The molecule has 0 aromatic carbocycles. The summed E-state index contributed by atoms with van der Waals surface area (Å²) in [6.07, 6.45) is 3.60. The number of hydrogen-bond acceptors (Lipinski definition) is 3. The summed E-state index contributed by atoms with van der Waals surface area (Å²) >= 11 is 0. The van der Waals surface area contributed by atoms with Crippen molar-refractivity contribution in [3.05, 3.63) is 24.2 Å². The van der Waals surface area contributed by atoms with Gasteiger partial charge >= 0.3 is 0 Å². The molecule has 4 heteroatoms. The summed E-state index contributed by atoms with van der Waals surface area (Å²) in [5.41, 5.74) is 0. The molecule has 2 aromatic rings. The van der Waals surface area contributed by atoms with Crippen molar-refractivity contribution < 1.29 is 4.42 Å². The number of aryl methyl sites for hydroxylation is 1. The Hall–Kier alpha value is -1.58. The molecule has 0 bridgehead atoms. The zero-order valence-electron chi connectivity index (χ0n) is 7.45. The third kappa shape index (κ3) is 1.61. The van der Waals surface area contributed by atoms with Crippen LogP contribution < -0.4 is 0 Å². The maximum atomic E-state index is 5.17. The van der Waals surface area contributed by atoms with Crippen LogP contribution in [0.3, 0.4) is 0 Å². The Balaban J connectivity index is 2.23. The average Bonchev–Trinajstić information content (AvgIpc) is 2.70. The first-order valence-corrected chi connectivity index (χ1v) is 4.35. The fraction of sp³-hybridized carbons (Fsp3) is 0.333. The van der Waals surface area contributed by atoms with Gasteiger partial charge in [0.2, 0.25) is 5.82 Å². The van der Waals surface area contributed by atoms with Crippen LogP contribution in [0, 0.1) is 0 Å². The quantitative estimate of drug-likeness (QED) is 0.780. The van der Waals surface area contributed by atoms with Crippen molar-refractivity contribution in [1.82, 2.24) is 15.2 Å². The van der Waals surface area contributed by atoms with Crippen molar-refractivity contribution in [3.8, 4) is 11.6 Å². The zero-order valence-corrected chi connectivity index (χ0v) is 7.45. The van der Waals surface area contributed by atoms with Crippen LogP contribution in [0.25, 0.3) is 11.6 Å². The van der Waals surface area contributed by atoms with Gasteiger partial charge in [0.25, 0.3) is 0 Å². The van der Waals surface area contributed by atoms with Crippen molar-refractivity contribution in [2.75, 3.05) is 0 Å². The summed E-state index contributed by atoms with van der Waals surface area (Å²) in [5, 5.41) is 6.92. The predicted molar refractivity (Wildman–Crippen MR) is 48.1 cm³/mol. The molecule has 2 heterocycles. The normalized spacial score (nSPS) is 10.5. The second-order valence-electron chi connectivity index (χ2n) is 2.83. The first kappa shape index (κ1) is 8.04. The Labute approximate surface area is 76.0 Å². The van der Waals surface area contributed by atoms with Crippen LogP contribution in [-0.2, 0) is 6.42 Å². The molecule has 0 fully saturated rings. The van der Waals surface area contributed by atoms with E-state index in [1.54, 1.807) is 6.26 Å². The molecule has 68 valence electrons. The van der Waals surface area contributed by atoms with E-state index in [1.165, 1.54) is 0 Å². The highest BCUT2D eigenvalue weighted by Crippen LogP contribution is 2.14. The molecule has 0 aliphatic heterocycles. The van der Waals surface area contributed by atoms with Gasteiger partial charge in [0, 0.05) is 6.42 Å². The molecule has 0 amide bonds. The number of aromatic nitrogens is 3. The largest absolute Gasteiger partial charge is 0.461 e. The minimum Gasteiger partial charge on any atom is -0.461 e. The number of H-pyrrole nitrogens is 1. The Bertz CT molecular complexity index is 364. The second kappa shape index (κ2) is 3.43. The minimum absolute atomic E-state index is 0.633. The lowest BCUT2D eigenvalue weighted by atomic mass is 10.3. The molecule has 2 rings (SSSR count). The first-order valence-electron chi connectivity index (χ1n) is 4.35. The third-order valence-corrected chi connectivity index (χ3v) is 1.76. The van der Waals surface area contributed by atoms with Gasteiger partial charge < -0.3 is 4.42 Å². The molecule has 0 aliphatic carbocycles. The van der Waals surface area contributed by atoms with Gasteiger partial charge in [0.15, 0.2) is 5.76 Å². The van der Waals surface area contributed by atoms with Crippen molar-refractivity contribution in [1.29, 1.82) is 0 Å². The Morgan fingerprint density at radius 1 is 1.54 bits per heavy atom. The van der Waals surface area contributed by atoms with Gasteiger partial charge in [0.05, 0.1) is 6.26 Å². The molecular formula is C9H11N3O. The van der Waals surface area contributed by atoms with Gasteiger partial charge in [-0.3, -0.25) is 5.10 Å². The molecule has 0 saturated heterocycles. The lowest BCUT2D eigenvalue weighted by Gasteiger charge is -1.86. The summed E-state index contributed by atoms with van der Waals surface area (Å²) in [4.78, 5) is 4.28. The Morgan fingerprint density at radius 2 is 2.46 bits per heavy atom. The highest BCUT2D eigenvalue weighted by Gasteiger charge is 2.06. The number of nitrogens with one attached hydrogen (secondary N) is 1. The lowest BCUT2D eigenvalue weighted by Crippen LogP contribution is -1.84. The minimum atomic E-state index is 0.633. The van der Waals surface area contributed by atoms with E-state index < -0.39 is 0 Å². The van der Waals surface area contributed by atoms with E-state index in [4.69, 9.17) is 4.42 Å². The first-order chi connectivity index (χ1) is 6.40. The predicted octanol–water partition coefficient (Wildman–Crippen LogP) is 2.02. The van der Waals surface area contributed by atoms with Crippen molar-refractivity contribution in [2.24, 2.45) is 0 Å². The SMILES string of the molecule is CCCc1nc(-c2ccco2)n[nH]1. The van der Waals surface area contributed by atoms with Crippen molar-refractivity contribution in [3.63, 3.8) is 0 Å². The standard InChI is InChI=1S/C9H11N3O/c1-2-4-8-10-9(12-11-8)7-5-3-6-13-7/h3,5-6H,2,4H2,1H3,(H,10,11,12). The van der Waals surface area contributed by atoms with Gasteiger partial charge in [-0.25, -0.2) is 4.98 Å². The molecule has 0 atom stereocenters. The van der Waals surface area contributed by atoms with Gasteiger partial charge in [-0.2, -0.15) is 5.10 Å². The maximum absolute atomic E-state index is 5.17. The van der Waals surface area contributed by atoms with E-state index in [1.807, 2.05) is 12.1 Å². The molecule has 0 saturated carbocycles. The molecule has 1 N–H and O–H groups in total. The summed E-state index contributed by atoms with van der Waals surface area (Å²) < 4.78 is 5.17. The summed E-state index contributed by atoms with van der Waals surface area (Å²) in [6.45, 7) is 2.11. The lowest BCUT2D eigenvalue weighted by molar-refractivity contribution is 0.577. The second-order valence-corrected chi connectivity index (χ2v) is 2.83. The molecule has 0 aliphatic rings. The Morgan fingerprint density at radius 3 is 3.15 bits per heavy atom. The van der Waals surface area contributed by atoms with E-state index in [0.29, 0.717) is 11.6 Å². The van der Waals surface area contributed by atoms with Crippen LogP contribution in [0.1, 0.15) is 19.2 Å². The third-order valence-electron chi connectivity index (χ3n) is 1.76. The molecular weight excluding hydrogens is 166 g/mol. The van der Waals surface area contributed by atoms with Crippen molar-refractivity contribution >= 4 is 0 Å². The fourth-order valence-electron chi connectivity index (χ4n) is 1.16. The van der Waals surface area contributed by atoms with Gasteiger partial charge in [-0.1, -0.05) is 6.92 Å². The van der Waals surface area contributed by atoms with Crippen LogP contribution in [-0.4, -0.2) is 15.2 Å². The van der Waals surface area contributed by atoms with Crippen LogP contribution in [0.5, 0.6) is 0 Å². The molecule has 0 radical (unpaired) electrons. The Kier molecular flexibility index (Phi) is 2.12. The number of aromatic amines is 1.